The van der Waals surface area contributed by atoms with Crippen molar-refractivity contribution in [2.24, 2.45) is 11.8 Å². The van der Waals surface area contributed by atoms with Gasteiger partial charge >= 0.3 is 0 Å². The average Bonchev–Trinajstić information content (AvgIpc) is 2.76. The highest BCUT2D eigenvalue weighted by atomic mass is 32.1. The fourth-order valence-electron chi connectivity index (χ4n) is 1.96. The Bertz CT molecular complexity index is 322. The van der Waals surface area contributed by atoms with E-state index in [1.807, 2.05) is 0 Å². The average molecular weight is 242 g/mol. The third-order valence-electron chi connectivity index (χ3n) is 3.00. The maximum absolute atomic E-state index is 5.81. The van der Waals surface area contributed by atoms with Gasteiger partial charge in [0, 0.05) is 0 Å². The van der Waals surface area contributed by atoms with Gasteiger partial charge in [0.05, 0.1) is 6.10 Å². The van der Waals surface area contributed by atoms with Crippen molar-refractivity contribution in [1.29, 1.82) is 0 Å². The van der Waals surface area contributed by atoms with Crippen LogP contribution >= 0.6 is 11.3 Å². The highest BCUT2D eigenvalue weighted by Gasteiger charge is 2.19. The third kappa shape index (κ3) is 3.13. The summed E-state index contributed by atoms with van der Waals surface area (Å²) in [6, 6.07) is 0. The van der Waals surface area contributed by atoms with Crippen molar-refractivity contribution >= 4 is 16.5 Å². The number of aromatic nitrogens is 2. The normalized spacial score (nSPS) is 25.6. The number of rotatable bonds is 4. The van der Waals surface area contributed by atoms with Crippen LogP contribution in [0.5, 0.6) is 0 Å². The number of nitrogens with zero attached hydrogens (tertiary/aromatic N) is 2. The fourth-order valence-corrected chi connectivity index (χ4v) is 2.53. The fraction of sp³-hybridized carbons (Fsp3) is 0.800. The van der Waals surface area contributed by atoms with Gasteiger partial charge in [-0.15, -0.1) is 10.2 Å². The van der Waals surface area contributed by atoms with Gasteiger partial charge in [0.15, 0.2) is 0 Å². The molecule has 1 saturated carbocycles. The Hall–Kier alpha value is -0.720. The van der Waals surface area contributed by atoms with Crippen LogP contribution in [0.25, 0.3) is 0 Å². The molecule has 0 aliphatic heterocycles. The molecule has 0 spiro atoms. The van der Waals surface area contributed by atoms with Gasteiger partial charge in [-0.05, 0) is 31.6 Å². The molecule has 0 radical (unpaired) electrons. The summed E-state index contributed by atoms with van der Waals surface area (Å²) < 4.78 is 5.81. The van der Waals surface area contributed by atoms with Crippen LogP contribution in [0.4, 0.5) is 5.13 Å². The van der Waals surface area contributed by atoms with Gasteiger partial charge < -0.3 is 4.74 Å². The lowest BCUT2D eigenvalue weighted by Gasteiger charge is -2.25. The van der Waals surface area contributed by atoms with Gasteiger partial charge in [-0.25, -0.2) is 5.84 Å². The lowest BCUT2D eigenvalue weighted by atomic mass is 9.89. The molecular weight excluding hydrogens is 224 g/mol. The predicted molar refractivity (Wildman–Crippen MR) is 63.9 cm³/mol. The number of nitrogens with two attached hydrogens (primary N) is 1. The Kier molecular flexibility index (Phi) is 4.09. The first-order valence-corrected chi connectivity index (χ1v) is 6.50. The van der Waals surface area contributed by atoms with Crippen LogP contribution < -0.4 is 11.3 Å². The van der Waals surface area contributed by atoms with Crippen molar-refractivity contribution in [3.8, 4) is 0 Å². The molecule has 0 bridgehead atoms. The van der Waals surface area contributed by atoms with Crippen molar-refractivity contribution in [3.05, 3.63) is 5.01 Å². The lowest BCUT2D eigenvalue weighted by molar-refractivity contribution is 0.00849. The Balaban J connectivity index is 1.74. The Morgan fingerprint density at radius 2 is 2.12 bits per heavy atom. The van der Waals surface area contributed by atoms with E-state index in [1.54, 1.807) is 0 Å². The number of hydrogen-bond acceptors (Lipinski definition) is 6. The lowest BCUT2D eigenvalue weighted by Crippen LogP contribution is -2.20. The van der Waals surface area contributed by atoms with E-state index in [0.717, 1.165) is 10.9 Å². The molecule has 1 aromatic heterocycles. The van der Waals surface area contributed by atoms with Crippen molar-refractivity contribution in [2.45, 2.75) is 45.3 Å². The summed E-state index contributed by atoms with van der Waals surface area (Å²) in [5.41, 5.74) is 2.48. The number of nitrogen functional groups attached to an aromatic ring is 1. The van der Waals surface area contributed by atoms with Crippen LogP contribution in [-0.4, -0.2) is 16.3 Å². The molecule has 1 aromatic rings. The van der Waals surface area contributed by atoms with Crippen molar-refractivity contribution in [3.63, 3.8) is 0 Å². The van der Waals surface area contributed by atoms with Gasteiger partial charge in [-0.1, -0.05) is 18.3 Å². The summed E-state index contributed by atoms with van der Waals surface area (Å²) in [5.74, 6) is 6.09. The molecular formula is C10H18N4OS. The highest BCUT2D eigenvalue weighted by molar-refractivity contribution is 7.15. The zero-order chi connectivity index (χ0) is 11.4. The van der Waals surface area contributed by atoms with Crippen LogP contribution in [0.15, 0.2) is 0 Å². The van der Waals surface area contributed by atoms with Crippen LogP contribution in [0, 0.1) is 5.92 Å². The number of anilines is 1. The summed E-state index contributed by atoms with van der Waals surface area (Å²) in [7, 11) is 0. The molecule has 1 heterocycles. The molecule has 1 aliphatic rings. The minimum atomic E-state index is 0.398. The van der Waals surface area contributed by atoms with E-state index < -0.39 is 0 Å². The van der Waals surface area contributed by atoms with Crippen LogP contribution in [0.1, 0.15) is 37.6 Å². The number of ether oxygens (including phenoxy) is 1. The number of nitrogens with one attached hydrogen (secondary N) is 1. The molecule has 16 heavy (non-hydrogen) atoms. The van der Waals surface area contributed by atoms with Gasteiger partial charge in [-0.2, -0.15) is 0 Å². The quantitative estimate of drug-likeness (QED) is 0.623. The van der Waals surface area contributed by atoms with E-state index in [0.29, 0.717) is 17.8 Å². The van der Waals surface area contributed by atoms with Crippen LogP contribution in [-0.2, 0) is 11.3 Å². The van der Waals surface area contributed by atoms with Gasteiger partial charge in [0.25, 0.3) is 0 Å². The molecule has 6 heteroatoms. The molecule has 5 nitrogen and oxygen atoms in total. The zero-order valence-electron chi connectivity index (χ0n) is 9.48. The molecule has 3 N–H and O–H groups in total. The predicted octanol–water partition coefficient (Wildman–Crippen LogP) is 1.92. The standard InChI is InChI=1S/C10H18N4OS/c1-7-2-4-8(5-3-7)15-6-9-13-14-10(12-11)16-9/h7-8H,2-6,11H2,1H3,(H,12,14). The third-order valence-corrected chi connectivity index (χ3v) is 3.82. The molecule has 1 fully saturated rings. The van der Waals surface area contributed by atoms with Crippen LogP contribution in [0.2, 0.25) is 0 Å². The summed E-state index contributed by atoms with van der Waals surface area (Å²) in [6.07, 6.45) is 5.28. The Morgan fingerprint density at radius 1 is 1.38 bits per heavy atom. The molecule has 0 aromatic carbocycles. The Morgan fingerprint density at radius 3 is 2.75 bits per heavy atom. The summed E-state index contributed by atoms with van der Waals surface area (Å²) >= 11 is 1.44. The molecule has 2 rings (SSSR count). The van der Waals surface area contributed by atoms with E-state index in [9.17, 15) is 0 Å². The summed E-state index contributed by atoms with van der Waals surface area (Å²) in [4.78, 5) is 0. The minimum absolute atomic E-state index is 0.398. The van der Waals surface area contributed by atoms with Crippen LogP contribution in [0.3, 0.4) is 0 Å². The maximum atomic E-state index is 5.81. The molecule has 0 unspecified atom stereocenters. The van der Waals surface area contributed by atoms with Gasteiger partial charge in [0.2, 0.25) is 5.13 Å². The second kappa shape index (κ2) is 5.56. The molecule has 0 amide bonds. The van der Waals surface area contributed by atoms with E-state index in [1.165, 1.54) is 37.0 Å². The second-order valence-corrected chi connectivity index (χ2v) is 5.40. The largest absolute Gasteiger partial charge is 0.371 e. The van der Waals surface area contributed by atoms with Crippen molar-refractivity contribution in [2.75, 3.05) is 5.43 Å². The number of hydrogen-bond donors (Lipinski definition) is 2. The van der Waals surface area contributed by atoms with E-state index >= 15 is 0 Å². The topological polar surface area (TPSA) is 73.1 Å². The first-order valence-electron chi connectivity index (χ1n) is 5.68. The van der Waals surface area contributed by atoms with E-state index in [4.69, 9.17) is 10.6 Å². The zero-order valence-corrected chi connectivity index (χ0v) is 10.3. The summed E-state index contributed by atoms with van der Waals surface area (Å²) in [5, 5.41) is 9.37. The molecule has 90 valence electrons. The Labute approximate surface area is 99.4 Å². The molecule has 0 atom stereocenters. The minimum Gasteiger partial charge on any atom is -0.371 e. The molecule has 1 aliphatic carbocycles. The SMILES string of the molecule is CC1CCC(OCc2nnc(NN)s2)CC1. The molecule has 0 saturated heterocycles. The number of hydrazine groups is 1. The maximum Gasteiger partial charge on any atom is 0.219 e. The first kappa shape index (κ1) is 11.8. The van der Waals surface area contributed by atoms with Gasteiger partial charge in [-0.3, -0.25) is 5.43 Å². The van der Waals surface area contributed by atoms with E-state index in [2.05, 4.69) is 22.5 Å². The van der Waals surface area contributed by atoms with E-state index in [-0.39, 0.29) is 0 Å². The summed E-state index contributed by atoms with van der Waals surface area (Å²) in [6.45, 7) is 2.86. The highest BCUT2D eigenvalue weighted by Crippen LogP contribution is 2.26. The van der Waals surface area contributed by atoms with Crippen molar-refractivity contribution < 1.29 is 4.74 Å². The first-order chi connectivity index (χ1) is 7.78. The van der Waals surface area contributed by atoms with Crippen molar-refractivity contribution in [1.82, 2.24) is 10.2 Å². The smallest absolute Gasteiger partial charge is 0.219 e. The van der Waals surface area contributed by atoms with Gasteiger partial charge in [0.1, 0.15) is 11.6 Å². The monoisotopic (exact) mass is 242 g/mol. The second-order valence-electron chi connectivity index (χ2n) is 4.34.